The van der Waals surface area contributed by atoms with Crippen LogP contribution in [-0.4, -0.2) is 26.8 Å². The first-order valence-corrected chi connectivity index (χ1v) is 10.2. The van der Waals surface area contributed by atoms with E-state index in [4.69, 9.17) is 10.5 Å². The van der Waals surface area contributed by atoms with E-state index in [0.717, 1.165) is 45.6 Å². The molecule has 0 bridgehead atoms. The Morgan fingerprint density at radius 2 is 1.76 bits per heavy atom. The summed E-state index contributed by atoms with van der Waals surface area (Å²) in [7, 11) is 3.55. The van der Waals surface area contributed by atoms with E-state index in [-0.39, 0.29) is 11.3 Å². The van der Waals surface area contributed by atoms with E-state index < -0.39 is 23.1 Å². The molecule has 2 aromatic carbocycles. The third kappa shape index (κ3) is 3.14. The van der Waals surface area contributed by atoms with Gasteiger partial charge in [-0.15, -0.1) is 0 Å². The number of aryl methyl sites for hydroxylation is 2. The van der Waals surface area contributed by atoms with E-state index in [9.17, 15) is 13.6 Å². The van der Waals surface area contributed by atoms with E-state index in [1.54, 1.807) is 35.9 Å². The van der Waals surface area contributed by atoms with Gasteiger partial charge in [0.05, 0.1) is 29.4 Å². The summed E-state index contributed by atoms with van der Waals surface area (Å²) in [6, 6.07) is 12.9. The van der Waals surface area contributed by atoms with Crippen LogP contribution in [0.15, 0.2) is 54.7 Å². The number of pyridine rings is 1. The number of nitrogens with zero attached hydrogens (tertiary/aromatic N) is 3. The molecule has 33 heavy (non-hydrogen) atoms. The van der Waals surface area contributed by atoms with Crippen molar-refractivity contribution in [2.24, 2.45) is 7.05 Å². The van der Waals surface area contributed by atoms with Gasteiger partial charge in [0.1, 0.15) is 28.9 Å². The molecule has 0 aliphatic rings. The summed E-state index contributed by atoms with van der Waals surface area (Å²) in [5, 5.41) is 0. The fraction of sp³-hybridized carbons (Fsp3) is 0.120. The van der Waals surface area contributed by atoms with Crippen molar-refractivity contribution in [3.63, 3.8) is 0 Å². The molecule has 3 aromatic heterocycles. The first-order valence-electron chi connectivity index (χ1n) is 10.2. The first-order chi connectivity index (χ1) is 15.8. The standard InChI is InChI=1S/C25H20F2N4O2/c1-13-29-19-11-16(23(33-3)12-22(19)30(13)2)15-5-4-8-31-20(15)6-7-21(31)25(32)14-9-17(26)24(28)18(27)10-14/h4-12H,28H2,1-3H3. The SMILES string of the molecule is COc1cc2c(cc1-c1cccn3c(C(=O)c4cc(F)c(N)c(F)c4)ccc13)nc(C)n2C. The average Bonchev–Trinajstić information content (AvgIpc) is 3.36. The van der Waals surface area contributed by atoms with Gasteiger partial charge >= 0.3 is 0 Å². The molecule has 0 saturated carbocycles. The number of rotatable bonds is 4. The first kappa shape index (κ1) is 20.7. The number of hydrogen-bond acceptors (Lipinski definition) is 4. The smallest absolute Gasteiger partial charge is 0.209 e. The maximum absolute atomic E-state index is 13.9. The van der Waals surface area contributed by atoms with Crippen LogP contribution < -0.4 is 10.5 Å². The zero-order chi connectivity index (χ0) is 23.4. The number of imidazole rings is 1. The molecule has 0 aliphatic heterocycles. The van der Waals surface area contributed by atoms with E-state index in [1.165, 1.54) is 0 Å². The third-order valence-electron chi connectivity index (χ3n) is 5.98. The fourth-order valence-electron chi connectivity index (χ4n) is 4.13. The highest BCUT2D eigenvalue weighted by molar-refractivity contribution is 6.09. The van der Waals surface area contributed by atoms with Crippen molar-refractivity contribution in [1.82, 2.24) is 14.0 Å². The second kappa shape index (κ2) is 7.44. The molecule has 0 aliphatic carbocycles. The Kier molecular flexibility index (Phi) is 4.67. The Balaban J connectivity index is 1.68. The molecule has 3 heterocycles. The number of nitrogens with two attached hydrogens (primary N) is 1. The minimum absolute atomic E-state index is 0.118. The molecular formula is C25H20F2N4O2. The van der Waals surface area contributed by atoms with Gasteiger partial charge in [0.15, 0.2) is 0 Å². The Morgan fingerprint density at radius 1 is 1.03 bits per heavy atom. The van der Waals surface area contributed by atoms with Crippen molar-refractivity contribution in [2.75, 3.05) is 12.8 Å². The van der Waals surface area contributed by atoms with Crippen LogP contribution in [0.4, 0.5) is 14.5 Å². The summed E-state index contributed by atoms with van der Waals surface area (Å²) in [5.41, 5.74) is 9.02. The molecule has 0 unspecified atom stereocenters. The van der Waals surface area contributed by atoms with Gasteiger partial charge < -0.3 is 19.4 Å². The summed E-state index contributed by atoms with van der Waals surface area (Å²) in [6.45, 7) is 1.93. The molecular weight excluding hydrogens is 426 g/mol. The van der Waals surface area contributed by atoms with Crippen LogP contribution in [0.1, 0.15) is 21.9 Å². The summed E-state index contributed by atoms with van der Waals surface area (Å²) in [6.07, 6.45) is 1.73. The van der Waals surface area contributed by atoms with E-state index >= 15 is 0 Å². The number of benzene rings is 2. The number of methoxy groups -OCH3 is 1. The van der Waals surface area contributed by atoms with Crippen molar-refractivity contribution < 1.29 is 18.3 Å². The van der Waals surface area contributed by atoms with E-state index in [1.807, 2.05) is 36.7 Å². The molecule has 0 amide bonds. The molecule has 166 valence electrons. The summed E-state index contributed by atoms with van der Waals surface area (Å²) in [4.78, 5) is 17.7. The number of carbonyl (C=O) groups is 1. The van der Waals surface area contributed by atoms with Gasteiger partial charge in [-0.05, 0) is 43.3 Å². The second-order valence-corrected chi connectivity index (χ2v) is 7.84. The maximum atomic E-state index is 13.9. The van der Waals surface area contributed by atoms with Crippen molar-refractivity contribution in [1.29, 1.82) is 0 Å². The van der Waals surface area contributed by atoms with Gasteiger partial charge in [-0.3, -0.25) is 4.79 Å². The van der Waals surface area contributed by atoms with Crippen molar-refractivity contribution >= 4 is 28.0 Å². The van der Waals surface area contributed by atoms with E-state index in [2.05, 4.69) is 4.98 Å². The van der Waals surface area contributed by atoms with Crippen LogP contribution in [0.3, 0.4) is 0 Å². The summed E-state index contributed by atoms with van der Waals surface area (Å²) in [5.74, 6) is -0.920. The van der Waals surface area contributed by atoms with Crippen LogP contribution in [0.5, 0.6) is 5.75 Å². The van der Waals surface area contributed by atoms with Crippen molar-refractivity contribution in [3.05, 3.63) is 83.4 Å². The number of hydrogen-bond donors (Lipinski definition) is 1. The summed E-state index contributed by atoms with van der Waals surface area (Å²) >= 11 is 0. The molecule has 0 saturated heterocycles. The molecule has 8 heteroatoms. The predicted octanol–water partition coefficient (Wildman–Crippen LogP) is 4.90. The number of aromatic nitrogens is 3. The second-order valence-electron chi connectivity index (χ2n) is 7.84. The number of fused-ring (bicyclic) bond motifs is 2. The highest BCUT2D eigenvalue weighted by atomic mass is 19.1. The lowest BCUT2D eigenvalue weighted by atomic mass is 10.0. The fourth-order valence-corrected chi connectivity index (χ4v) is 4.13. The Hall–Kier alpha value is -4.20. The van der Waals surface area contributed by atoms with Gasteiger partial charge in [-0.1, -0.05) is 6.07 Å². The van der Waals surface area contributed by atoms with Gasteiger partial charge in [0.25, 0.3) is 0 Å². The lowest BCUT2D eigenvalue weighted by molar-refractivity contribution is 0.103. The van der Waals surface area contributed by atoms with Gasteiger partial charge in [0.2, 0.25) is 5.78 Å². The number of ether oxygens (including phenoxy) is 1. The number of halogens is 2. The lowest BCUT2D eigenvalue weighted by Gasteiger charge is -2.12. The molecule has 5 aromatic rings. The van der Waals surface area contributed by atoms with Crippen LogP contribution in [0.2, 0.25) is 0 Å². The molecule has 0 atom stereocenters. The third-order valence-corrected chi connectivity index (χ3v) is 5.98. The zero-order valence-electron chi connectivity index (χ0n) is 18.2. The Morgan fingerprint density at radius 3 is 2.45 bits per heavy atom. The van der Waals surface area contributed by atoms with Gasteiger partial charge in [-0.2, -0.15) is 0 Å². The summed E-state index contributed by atoms with van der Waals surface area (Å²) < 4.78 is 37.2. The highest BCUT2D eigenvalue weighted by Crippen LogP contribution is 2.37. The normalized spacial score (nSPS) is 11.4. The average molecular weight is 446 g/mol. The van der Waals surface area contributed by atoms with Crippen molar-refractivity contribution in [2.45, 2.75) is 6.92 Å². The Labute approximate surface area is 187 Å². The molecule has 2 N–H and O–H groups in total. The molecule has 0 spiro atoms. The largest absolute Gasteiger partial charge is 0.496 e. The molecule has 0 fully saturated rings. The quantitative estimate of drug-likeness (QED) is 0.315. The van der Waals surface area contributed by atoms with Crippen LogP contribution >= 0.6 is 0 Å². The predicted molar refractivity (Wildman–Crippen MR) is 123 cm³/mol. The zero-order valence-corrected chi connectivity index (χ0v) is 18.2. The van der Waals surface area contributed by atoms with Crippen LogP contribution in [0, 0.1) is 18.6 Å². The minimum atomic E-state index is -0.969. The monoisotopic (exact) mass is 446 g/mol. The number of carbonyl (C=O) groups excluding carboxylic acids is 1. The Bertz CT molecular complexity index is 1560. The molecule has 0 radical (unpaired) electrons. The van der Waals surface area contributed by atoms with E-state index in [0.29, 0.717) is 5.75 Å². The van der Waals surface area contributed by atoms with Crippen LogP contribution in [-0.2, 0) is 7.05 Å². The number of ketones is 1. The van der Waals surface area contributed by atoms with Gasteiger partial charge in [-0.25, -0.2) is 13.8 Å². The van der Waals surface area contributed by atoms with Crippen molar-refractivity contribution in [3.8, 4) is 16.9 Å². The number of nitrogen functional groups attached to an aromatic ring is 1. The van der Waals surface area contributed by atoms with Crippen LogP contribution in [0.25, 0.3) is 27.7 Å². The number of anilines is 1. The van der Waals surface area contributed by atoms with Gasteiger partial charge in [0, 0.05) is 36.0 Å². The highest BCUT2D eigenvalue weighted by Gasteiger charge is 2.20. The lowest BCUT2D eigenvalue weighted by Crippen LogP contribution is -2.08. The maximum Gasteiger partial charge on any atom is 0.209 e. The topological polar surface area (TPSA) is 74.6 Å². The molecule has 5 rings (SSSR count). The minimum Gasteiger partial charge on any atom is -0.496 e. The molecule has 6 nitrogen and oxygen atoms in total.